The minimum atomic E-state index is -1.08. The van der Waals surface area contributed by atoms with E-state index >= 15 is 0 Å². The molecule has 0 radical (unpaired) electrons. The number of ether oxygens (including phenoxy) is 1. The SMILES string of the molecule is Cc1cc(OCC(C)C)ccc1C(=O)C1C(=O)C(=O)N(CCC[NH+](C)C)C1c1ccncc1. The summed E-state index contributed by atoms with van der Waals surface area (Å²) >= 11 is 0. The number of nitrogens with one attached hydrogen (secondary N) is 1. The summed E-state index contributed by atoms with van der Waals surface area (Å²) in [5.74, 6) is -1.56. The van der Waals surface area contributed by atoms with Crippen molar-refractivity contribution < 1.29 is 24.0 Å². The Morgan fingerprint density at radius 3 is 2.45 bits per heavy atom. The second-order valence-electron chi connectivity index (χ2n) is 9.42. The number of nitrogens with zero attached hydrogens (tertiary/aromatic N) is 2. The number of pyridine rings is 1. The van der Waals surface area contributed by atoms with E-state index in [9.17, 15) is 14.4 Å². The van der Waals surface area contributed by atoms with Crippen LogP contribution >= 0.6 is 0 Å². The lowest BCUT2D eigenvalue weighted by atomic mass is 9.85. The highest BCUT2D eigenvalue weighted by Gasteiger charge is 2.51. The van der Waals surface area contributed by atoms with Crippen molar-refractivity contribution in [2.45, 2.75) is 33.2 Å². The smallest absolute Gasteiger partial charge is 0.291 e. The summed E-state index contributed by atoms with van der Waals surface area (Å²) in [6.45, 7) is 7.83. The van der Waals surface area contributed by atoms with E-state index in [0.29, 0.717) is 30.4 Å². The lowest BCUT2D eigenvalue weighted by Crippen LogP contribution is -3.05. The first-order chi connectivity index (χ1) is 15.7. The lowest BCUT2D eigenvalue weighted by molar-refractivity contribution is -0.858. The van der Waals surface area contributed by atoms with E-state index in [1.165, 1.54) is 4.90 Å². The largest absolute Gasteiger partial charge is 0.493 e. The van der Waals surface area contributed by atoms with E-state index in [4.69, 9.17) is 4.74 Å². The molecule has 1 saturated heterocycles. The zero-order valence-electron chi connectivity index (χ0n) is 20.1. The van der Waals surface area contributed by atoms with Crippen LogP contribution in [0.3, 0.4) is 0 Å². The quantitative estimate of drug-likeness (QED) is 0.338. The molecule has 0 aliphatic carbocycles. The van der Waals surface area contributed by atoms with Crippen molar-refractivity contribution in [2.75, 3.05) is 33.8 Å². The van der Waals surface area contributed by atoms with E-state index in [1.807, 2.05) is 27.1 Å². The van der Waals surface area contributed by atoms with Crippen LogP contribution in [0.4, 0.5) is 0 Å². The Morgan fingerprint density at radius 2 is 1.85 bits per heavy atom. The summed E-state index contributed by atoms with van der Waals surface area (Å²) in [6.07, 6.45) is 3.99. The van der Waals surface area contributed by atoms with E-state index in [0.717, 1.165) is 24.1 Å². The molecule has 7 nitrogen and oxygen atoms in total. The third-order valence-electron chi connectivity index (χ3n) is 5.86. The van der Waals surface area contributed by atoms with Crippen molar-refractivity contribution in [1.82, 2.24) is 9.88 Å². The predicted octanol–water partition coefficient (Wildman–Crippen LogP) is 1.91. The Labute approximate surface area is 195 Å². The topological polar surface area (TPSA) is 81.0 Å². The van der Waals surface area contributed by atoms with Gasteiger partial charge in [-0.3, -0.25) is 19.4 Å². The third kappa shape index (κ3) is 5.66. The van der Waals surface area contributed by atoms with Crippen molar-refractivity contribution in [3.05, 3.63) is 59.4 Å². The highest BCUT2D eigenvalue weighted by molar-refractivity contribution is 6.44. The number of rotatable bonds is 10. The van der Waals surface area contributed by atoms with Gasteiger partial charge in [0.1, 0.15) is 11.7 Å². The molecular formula is C26H34N3O4+. The normalized spacial score (nSPS) is 18.5. The molecule has 7 heteroatoms. The highest BCUT2D eigenvalue weighted by Crippen LogP contribution is 2.38. The maximum Gasteiger partial charge on any atom is 0.291 e. The van der Waals surface area contributed by atoms with Gasteiger partial charge in [-0.05, 0) is 54.3 Å². The summed E-state index contributed by atoms with van der Waals surface area (Å²) in [6, 6.07) is 8.19. The van der Waals surface area contributed by atoms with Gasteiger partial charge in [0.2, 0.25) is 5.78 Å². The van der Waals surface area contributed by atoms with Crippen LogP contribution < -0.4 is 9.64 Å². The highest BCUT2D eigenvalue weighted by atomic mass is 16.5. The van der Waals surface area contributed by atoms with Crippen molar-refractivity contribution >= 4 is 17.5 Å². The molecule has 1 aliphatic heterocycles. The number of quaternary nitrogens is 1. The zero-order valence-corrected chi connectivity index (χ0v) is 20.1. The first kappa shape index (κ1) is 24.6. The fourth-order valence-corrected chi connectivity index (χ4v) is 4.20. The minimum absolute atomic E-state index is 0.330. The van der Waals surface area contributed by atoms with Crippen LogP contribution in [-0.4, -0.2) is 61.1 Å². The molecule has 0 bridgehead atoms. The van der Waals surface area contributed by atoms with Gasteiger partial charge in [0.05, 0.1) is 33.3 Å². The first-order valence-corrected chi connectivity index (χ1v) is 11.5. The summed E-state index contributed by atoms with van der Waals surface area (Å²) in [4.78, 5) is 46.6. The Hall–Kier alpha value is -3.06. The molecule has 2 aromatic rings. The van der Waals surface area contributed by atoms with Crippen LogP contribution in [0.25, 0.3) is 0 Å². The molecule has 1 N–H and O–H groups in total. The number of carbonyl (C=O) groups is 3. The van der Waals surface area contributed by atoms with Gasteiger partial charge < -0.3 is 14.5 Å². The van der Waals surface area contributed by atoms with Gasteiger partial charge in [-0.25, -0.2) is 0 Å². The van der Waals surface area contributed by atoms with Gasteiger partial charge in [-0.2, -0.15) is 0 Å². The molecule has 0 spiro atoms. The second kappa shape index (κ2) is 10.7. The number of amides is 1. The van der Waals surface area contributed by atoms with Crippen LogP contribution in [0.5, 0.6) is 5.75 Å². The number of aromatic nitrogens is 1. The van der Waals surface area contributed by atoms with Crippen LogP contribution in [0, 0.1) is 18.8 Å². The number of hydrogen-bond acceptors (Lipinski definition) is 5. The Morgan fingerprint density at radius 1 is 1.15 bits per heavy atom. The number of likely N-dealkylation sites (tertiary alicyclic amines) is 1. The molecule has 33 heavy (non-hydrogen) atoms. The summed E-state index contributed by atoms with van der Waals surface area (Å²) in [5.41, 5.74) is 1.91. The summed E-state index contributed by atoms with van der Waals surface area (Å²) in [5, 5.41) is 0. The zero-order chi connectivity index (χ0) is 24.1. The van der Waals surface area contributed by atoms with E-state index < -0.39 is 23.7 Å². The predicted molar refractivity (Wildman–Crippen MR) is 125 cm³/mol. The maximum atomic E-state index is 13.7. The molecule has 1 aromatic carbocycles. The summed E-state index contributed by atoms with van der Waals surface area (Å²) < 4.78 is 5.77. The molecule has 176 valence electrons. The van der Waals surface area contributed by atoms with Gasteiger partial charge in [0.15, 0.2) is 5.78 Å². The Kier molecular flexibility index (Phi) is 7.97. The van der Waals surface area contributed by atoms with Crippen molar-refractivity contribution in [1.29, 1.82) is 0 Å². The molecule has 3 rings (SSSR count). The van der Waals surface area contributed by atoms with Crippen LogP contribution in [-0.2, 0) is 9.59 Å². The van der Waals surface area contributed by atoms with Gasteiger partial charge in [0, 0.05) is 30.9 Å². The Balaban J connectivity index is 1.93. The van der Waals surface area contributed by atoms with Gasteiger partial charge in [-0.1, -0.05) is 13.8 Å². The third-order valence-corrected chi connectivity index (χ3v) is 5.86. The molecule has 1 aliphatic rings. The average Bonchev–Trinajstić information content (AvgIpc) is 3.02. The second-order valence-corrected chi connectivity index (χ2v) is 9.42. The fourth-order valence-electron chi connectivity index (χ4n) is 4.20. The molecular weight excluding hydrogens is 418 g/mol. The van der Waals surface area contributed by atoms with Crippen LogP contribution in [0.1, 0.15) is 47.8 Å². The van der Waals surface area contributed by atoms with Gasteiger partial charge >= 0.3 is 0 Å². The number of benzene rings is 1. The van der Waals surface area contributed by atoms with Crippen LogP contribution in [0.15, 0.2) is 42.7 Å². The lowest BCUT2D eigenvalue weighted by Gasteiger charge is -2.27. The van der Waals surface area contributed by atoms with E-state index in [-0.39, 0.29) is 5.78 Å². The molecule has 1 fully saturated rings. The fraction of sp³-hybridized carbons (Fsp3) is 0.462. The minimum Gasteiger partial charge on any atom is -0.493 e. The summed E-state index contributed by atoms with van der Waals surface area (Å²) in [7, 11) is 4.09. The number of aryl methyl sites for hydroxylation is 1. The average molecular weight is 453 g/mol. The number of carbonyl (C=O) groups excluding carboxylic acids is 3. The maximum absolute atomic E-state index is 13.7. The number of hydrogen-bond donors (Lipinski definition) is 1. The van der Waals surface area contributed by atoms with E-state index in [2.05, 4.69) is 18.8 Å². The van der Waals surface area contributed by atoms with E-state index in [1.54, 1.807) is 41.6 Å². The molecule has 2 heterocycles. The van der Waals surface area contributed by atoms with Crippen molar-refractivity contribution in [2.24, 2.45) is 11.8 Å². The van der Waals surface area contributed by atoms with Gasteiger partial charge in [0.25, 0.3) is 5.91 Å². The monoisotopic (exact) mass is 452 g/mol. The number of Topliss-reactive ketones (excluding diaryl/α,β-unsaturated/α-hetero) is 2. The molecule has 2 atom stereocenters. The number of ketones is 2. The van der Waals surface area contributed by atoms with Gasteiger partial charge in [-0.15, -0.1) is 0 Å². The molecule has 2 unspecified atom stereocenters. The van der Waals surface area contributed by atoms with Crippen LogP contribution in [0.2, 0.25) is 0 Å². The van der Waals surface area contributed by atoms with Crippen molar-refractivity contribution in [3.63, 3.8) is 0 Å². The van der Waals surface area contributed by atoms with Crippen molar-refractivity contribution in [3.8, 4) is 5.75 Å². The molecule has 1 amide bonds. The molecule has 1 aromatic heterocycles. The molecule has 0 saturated carbocycles. The standard InChI is InChI=1S/C26H33N3O4/c1-17(2)16-33-20-7-8-21(18(3)15-20)24(30)22-23(19-9-11-27-12-10-19)29(26(32)25(22)31)14-6-13-28(4)5/h7-12,15,17,22-23H,6,13-14,16H2,1-5H3/p+1. The Bertz CT molecular complexity index is 1000. The first-order valence-electron chi connectivity index (χ1n) is 11.5.